The van der Waals surface area contributed by atoms with Crippen LogP contribution >= 0.6 is 0 Å². The Hall–Kier alpha value is -0.870. The van der Waals surface area contributed by atoms with E-state index in [0.717, 1.165) is 30.6 Å². The molecular formula is C15H26N4. The molecule has 2 fully saturated rings. The number of hydrazine groups is 1. The van der Waals surface area contributed by atoms with Gasteiger partial charge in [-0.05, 0) is 62.3 Å². The third-order valence-corrected chi connectivity index (χ3v) is 5.38. The maximum absolute atomic E-state index is 5.75. The van der Waals surface area contributed by atoms with Crippen molar-refractivity contribution in [2.24, 2.45) is 30.6 Å². The third kappa shape index (κ3) is 2.84. The zero-order valence-corrected chi connectivity index (χ0v) is 11.9. The summed E-state index contributed by atoms with van der Waals surface area (Å²) in [6.07, 6.45) is 11.2. The smallest absolute Gasteiger partial charge is 0.0492 e. The number of nitrogens with one attached hydrogen (secondary N) is 1. The minimum Gasteiger partial charge on any atom is -0.273 e. The topological polar surface area (TPSA) is 55.9 Å². The van der Waals surface area contributed by atoms with Crippen LogP contribution in [0.3, 0.4) is 0 Å². The Labute approximate surface area is 115 Å². The number of aryl methyl sites for hydroxylation is 2. The molecule has 0 radical (unpaired) electrons. The second-order valence-corrected chi connectivity index (χ2v) is 6.52. The van der Waals surface area contributed by atoms with Crippen LogP contribution in [0.5, 0.6) is 0 Å². The minimum absolute atomic E-state index is 0.458. The number of aromatic nitrogens is 2. The van der Waals surface area contributed by atoms with Crippen LogP contribution < -0.4 is 11.3 Å². The highest BCUT2D eigenvalue weighted by molar-refractivity contribution is 5.00. The van der Waals surface area contributed by atoms with Crippen LogP contribution in [0.4, 0.5) is 0 Å². The molecule has 19 heavy (non-hydrogen) atoms. The van der Waals surface area contributed by atoms with Crippen LogP contribution in [0.15, 0.2) is 12.3 Å². The van der Waals surface area contributed by atoms with Crippen molar-refractivity contribution in [1.82, 2.24) is 15.2 Å². The summed E-state index contributed by atoms with van der Waals surface area (Å²) in [5.41, 5.74) is 4.34. The fraction of sp³-hybridized carbons (Fsp3) is 0.800. The fourth-order valence-corrected chi connectivity index (χ4v) is 4.27. The van der Waals surface area contributed by atoms with Gasteiger partial charge in [0.15, 0.2) is 0 Å². The Morgan fingerprint density at radius 3 is 2.95 bits per heavy atom. The fourth-order valence-electron chi connectivity index (χ4n) is 4.27. The molecule has 0 aromatic carbocycles. The molecule has 1 aromatic heterocycles. The monoisotopic (exact) mass is 262 g/mol. The first-order valence-corrected chi connectivity index (χ1v) is 7.69. The summed E-state index contributed by atoms with van der Waals surface area (Å²) in [6.45, 7) is 0. The summed E-state index contributed by atoms with van der Waals surface area (Å²) in [5.74, 6) is 8.71. The summed E-state index contributed by atoms with van der Waals surface area (Å²) < 4.78 is 1.96. The van der Waals surface area contributed by atoms with Crippen LogP contribution in [0.25, 0.3) is 0 Å². The number of nitrogens with zero attached hydrogens (tertiary/aromatic N) is 2. The maximum atomic E-state index is 5.75. The highest BCUT2D eigenvalue weighted by Crippen LogP contribution is 2.49. The zero-order valence-electron chi connectivity index (χ0n) is 11.9. The van der Waals surface area contributed by atoms with Crippen molar-refractivity contribution in [2.75, 3.05) is 0 Å². The average molecular weight is 262 g/mol. The van der Waals surface area contributed by atoms with Crippen LogP contribution in [-0.4, -0.2) is 15.8 Å². The zero-order chi connectivity index (χ0) is 13.2. The molecule has 2 aliphatic carbocycles. The molecule has 4 heteroatoms. The maximum Gasteiger partial charge on any atom is 0.0492 e. The SMILES string of the molecule is Cn1nccc1CCC(CC1CC2CCC1C2)NN. The average Bonchev–Trinajstić information content (AvgIpc) is 3.11. The normalized spacial score (nSPS) is 30.9. The summed E-state index contributed by atoms with van der Waals surface area (Å²) in [4.78, 5) is 0. The van der Waals surface area contributed by atoms with Gasteiger partial charge in [0.2, 0.25) is 0 Å². The number of hydrogen-bond acceptors (Lipinski definition) is 3. The molecule has 4 nitrogen and oxygen atoms in total. The first kappa shape index (κ1) is 13.1. The van der Waals surface area contributed by atoms with E-state index in [0.29, 0.717) is 6.04 Å². The van der Waals surface area contributed by atoms with Gasteiger partial charge in [0.1, 0.15) is 0 Å². The largest absolute Gasteiger partial charge is 0.273 e. The van der Waals surface area contributed by atoms with Gasteiger partial charge in [0, 0.05) is 25.0 Å². The van der Waals surface area contributed by atoms with E-state index in [1.807, 2.05) is 17.9 Å². The van der Waals surface area contributed by atoms with Gasteiger partial charge < -0.3 is 0 Å². The van der Waals surface area contributed by atoms with Crippen molar-refractivity contribution < 1.29 is 0 Å². The van der Waals surface area contributed by atoms with E-state index in [9.17, 15) is 0 Å². The summed E-state index contributed by atoms with van der Waals surface area (Å²) >= 11 is 0. The van der Waals surface area contributed by atoms with Crippen LogP contribution in [0.2, 0.25) is 0 Å². The summed E-state index contributed by atoms with van der Waals surface area (Å²) in [5, 5.41) is 4.22. The van der Waals surface area contributed by atoms with E-state index in [1.54, 1.807) is 0 Å². The molecular weight excluding hydrogens is 236 g/mol. The van der Waals surface area contributed by atoms with Gasteiger partial charge in [-0.15, -0.1) is 0 Å². The summed E-state index contributed by atoms with van der Waals surface area (Å²) in [6, 6.07) is 2.56. The lowest BCUT2D eigenvalue weighted by atomic mass is 9.83. The molecule has 106 valence electrons. The molecule has 4 atom stereocenters. The van der Waals surface area contributed by atoms with E-state index in [1.165, 1.54) is 37.8 Å². The van der Waals surface area contributed by atoms with Crippen molar-refractivity contribution >= 4 is 0 Å². The number of fused-ring (bicyclic) bond motifs is 2. The Morgan fingerprint density at radius 2 is 2.37 bits per heavy atom. The number of nitrogens with two attached hydrogens (primary N) is 1. The van der Waals surface area contributed by atoms with Gasteiger partial charge in [-0.25, -0.2) is 0 Å². The molecule has 1 aromatic rings. The first-order valence-electron chi connectivity index (χ1n) is 7.69. The Morgan fingerprint density at radius 1 is 1.47 bits per heavy atom. The molecule has 2 aliphatic rings. The van der Waals surface area contributed by atoms with Crippen molar-refractivity contribution in [2.45, 2.75) is 51.0 Å². The first-order chi connectivity index (χ1) is 9.26. The van der Waals surface area contributed by atoms with Crippen LogP contribution in [0.1, 0.15) is 44.2 Å². The molecule has 0 aliphatic heterocycles. The van der Waals surface area contributed by atoms with E-state index < -0.39 is 0 Å². The Kier molecular flexibility index (Phi) is 3.89. The molecule has 3 rings (SSSR count). The van der Waals surface area contributed by atoms with Gasteiger partial charge in [0.25, 0.3) is 0 Å². The quantitative estimate of drug-likeness (QED) is 0.609. The molecule has 0 saturated heterocycles. The summed E-state index contributed by atoms with van der Waals surface area (Å²) in [7, 11) is 2.01. The number of hydrogen-bond donors (Lipinski definition) is 2. The Balaban J connectivity index is 1.49. The van der Waals surface area contributed by atoms with Gasteiger partial charge in [0.05, 0.1) is 0 Å². The molecule has 0 amide bonds. The highest BCUT2D eigenvalue weighted by atomic mass is 15.3. The lowest BCUT2D eigenvalue weighted by Gasteiger charge is -2.26. The molecule has 0 spiro atoms. The van der Waals surface area contributed by atoms with Crippen molar-refractivity contribution in [3.05, 3.63) is 18.0 Å². The molecule has 2 bridgehead atoms. The standard InChI is InChI=1S/C15H26N4/c1-19-15(6-7-17-19)5-4-14(18-16)10-13-9-11-2-3-12(13)8-11/h6-7,11-14,18H,2-5,8-10,16H2,1H3. The second-order valence-electron chi connectivity index (χ2n) is 6.52. The van der Waals surface area contributed by atoms with E-state index in [-0.39, 0.29) is 0 Å². The molecule has 3 N–H and O–H groups in total. The molecule has 2 saturated carbocycles. The van der Waals surface area contributed by atoms with Crippen molar-refractivity contribution in [1.29, 1.82) is 0 Å². The van der Waals surface area contributed by atoms with E-state index in [2.05, 4.69) is 16.6 Å². The van der Waals surface area contributed by atoms with Gasteiger partial charge >= 0.3 is 0 Å². The van der Waals surface area contributed by atoms with Gasteiger partial charge in [-0.2, -0.15) is 5.10 Å². The third-order valence-electron chi connectivity index (χ3n) is 5.38. The van der Waals surface area contributed by atoms with E-state index >= 15 is 0 Å². The lowest BCUT2D eigenvalue weighted by molar-refractivity contribution is 0.272. The Bertz CT molecular complexity index is 414. The molecule has 4 unspecified atom stereocenters. The predicted octanol–water partition coefficient (Wildman–Crippen LogP) is 2.01. The predicted molar refractivity (Wildman–Crippen MR) is 76.2 cm³/mol. The van der Waals surface area contributed by atoms with E-state index in [4.69, 9.17) is 5.84 Å². The second kappa shape index (κ2) is 5.63. The molecule has 1 heterocycles. The van der Waals surface area contributed by atoms with Crippen molar-refractivity contribution in [3.63, 3.8) is 0 Å². The highest BCUT2D eigenvalue weighted by Gasteiger charge is 2.39. The van der Waals surface area contributed by atoms with Crippen LogP contribution in [-0.2, 0) is 13.5 Å². The van der Waals surface area contributed by atoms with Gasteiger partial charge in [-0.1, -0.05) is 6.42 Å². The lowest BCUT2D eigenvalue weighted by Crippen LogP contribution is -2.37. The number of rotatable bonds is 6. The minimum atomic E-state index is 0.458. The van der Waals surface area contributed by atoms with Crippen LogP contribution in [0, 0.1) is 17.8 Å². The van der Waals surface area contributed by atoms with Gasteiger partial charge in [-0.3, -0.25) is 16.0 Å². The van der Waals surface area contributed by atoms with Crippen molar-refractivity contribution in [3.8, 4) is 0 Å².